The highest BCUT2D eigenvalue weighted by molar-refractivity contribution is 5.85. The molecule has 0 aliphatic carbocycles. The van der Waals surface area contributed by atoms with Crippen molar-refractivity contribution in [2.45, 2.75) is 0 Å². The van der Waals surface area contributed by atoms with Crippen LogP contribution in [-0.2, 0) is 0 Å². The second-order valence-electron chi connectivity index (χ2n) is 3.28. The zero-order valence-electron chi connectivity index (χ0n) is 8.47. The van der Waals surface area contributed by atoms with Crippen molar-refractivity contribution in [3.8, 4) is 0 Å². The van der Waals surface area contributed by atoms with Gasteiger partial charge in [0.2, 0.25) is 6.26 Å². The Morgan fingerprint density at radius 3 is 2.47 bits per heavy atom. The molecule has 0 amide bonds. The molecule has 6 nitrogen and oxygen atoms in total. The van der Waals surface area contributed by atoms with E-state index in [0.717, 1.165) is 26.2 Å². The lowest BCUT2D eigenvalue weighted by Crippen LogP contribution is -3.00. The Balaban J connectivity index is 0.000000980. The van der Waals surface area contributed by atoms with Crippen molar-refractivity contribution in [1.29, 1.82) is 0 Å². The van der Waals surface area contributed by atoms with Gasteiger partial charge in [-0.2, -0.15) is 0 Å². The van der Waals surface area contributed by atoms with E-state index < -0.39 is 0 Å². The van der Waals surface area contributed by atoms with Gasteiger partial charge in [0.15, 0.2) is 0 Å². The maximum atomic E-state index is 5.66. The highest BCUT2D eigenvalue weighted by Gasteiger charge is 2.22. The number of hydrogen-bond donors (Lipinski definition) is 1. The Kier molecular flexibility index (Phi) is 5.71. The summed E-state index contributed by atoms with van der Waals surface area (Å²) in [6.07, 6.45) is 1.44. The molecule has 0 bridgehead atoms. The third-order valence-electron chi connectivity index (χ3n) is 2.28. The van der Waals surface area contributed by atoms with E-state index >= 15 is 0 Å². The Morgan fingerprint density at radius 2 is 2.00 bits per heavy atom. The molecule has 0 radical (unpaired) electrons. The molecule has 2 rings (SSSR count). The topological polar surface area (TPSA) is 62.4 Å². The SMILES string of the molecule is CN1CCN([n+]2nocc2N)CC1.Cl.[Cl-]. The average Bonchev–Trinajstić information content (AvgIpc) is 2.53. The molecule has 88 valence electrons. The quantitative estimate of drug-likeness (QED) is 0.517. The lowest BCUT2D eigenvalue weighted by Gasteiger charge is -2.29. The summed E-state index contributed by atoms with van der Waals surface area (Å²) in [7, 11) is 2.11. The van der Waals surface area contributed by atoms with E-state index in [1.165, 1.54) is 6.26 Å². The monoisotopic (exact) mass is 255 g/mol. The standard InChI is InChI=1S/C7H14N5O.2ClH/c1-10-2-4-11(5-3-10)12-7(8)6-13-9-12;;/h6H,2-5,8H2,1H3;2*1H/q+1;;/p-1. The van der Waals surface area contributed by atoms with Crippen LogP contribution in [0.4, 0.5) is 5.82 Å². The van der Waals surface area contributed by atoms with Gasteiger partial charge < -0.3 is 21.8 Å². The van der Waals surface area contributed by atoms with Gasteiger partial charge in [0.25, 0.3) is 0 Å². The van der Waals surface area contributed by atoms with Crippen LogP contribution < -0.4 is 27.9 Å². The molecule has 8 heteroatoms. The van der Waals surface area contributed by atoms with Crippen LogP contribution in [0.1, 0.15) is 0 Å². The van der Waals surface area contributed by atoms with Crippen LogP contribution in [-0.4, -0.2) is 43.4 Å². The maximum absolute atomic E-state index is 5.66. The number of nitrogen functional groups attached to an aromatic ring is 1. The molecular formula is C7H15Cl2N5O. The molecule has 1 aromatic heterocycles. The largest absolute Gasteiger partial charge is 1.00 e. The summed E-state index contributed by atoms with van der Waals surface area (Å²) in [5.74, 6) is 0.546. The Labute approximate surface area is 101 Å². The molecule has 1 aromatic rings. The number of piperazine rings is 1. The maximum Gasteiger partial charge on any atom is 0.360 e. The second kappa shape index (κ2) is 5.99. The first kappa shape index (κ1) is 14.3. The van der Waals surface area contributed by atoms with Crippen LogP contribution in [0.5, 0.6) is 0 Å². The van der Waals surface area contributed by atoms with Gasteiger partial charge in [-0.25, -0.2) is 5.01 Å². The summed E-state index contributed by atoms with van der Waals surface area (Å²) in [4.78, 5) is 3.89. The summed E-state index contributed by atoms with van der Waals surface area (Å²) in [5, 5.41) is 5.86. The molecule has 0 aromatic carbocycles. The third kappa shape index (κ3) is 3.12. The Hall–Kier alpha value is -0.720. The van der Waals surface area contributed by atoms with Gasteiger partial charge in [-0.05, 0) is 7.05 Å². The number of nitrogens with two attached hydrogens (primary N) is 1. The highest BCUT2D eigenvalue weighted by Crippen LogP contribution is 1.96. The Morgan fingerprint density at radius 1 is 1.40 bits per heavy atom. The predicted octanol–water partition coefficient (Wildman–Crippen LogP) is -4.15. The van der Waals surface area contributed by atoms with Gasteiger partial charge in [0.1, 0.15) is 5.27 Å². The van der Waals surface area contributed by atoms with Gasteiger partial charge in [0.05, 0.1) is 13.1 Å². The number of nitrogens with zero attached hydrogens (tertiary/aromatic N) is 4. The van der Waals surface area contributed by atoms with E-state index in [9.17, 15) is 0 Å². The van der Waals surface area contributed by atoms with Gasteiger partial charge in [0, 0.05) is 17.9 Å². The molecule has 1 aliphatic rings. The van der Waals surface area contributed by atoms with Crippen molar-refractivity contribution in [3.63, 3.8) is 0 Å². The second-order valence-corrected chi connectivity index (χ2v) is 3.28. The van der Waals surface area contributed by atoms with Crippen molar-refractivity contribution >= 4 is 18.2 Å². The molecule has 0 spiro atoms. The molecule has 2 heterocycles. The molecule has 1 fully saturated rings. The van der Waals surface area contributed by atoms with Gasteiger partial charge in [-0.15, -0.1) is 12.4 Å². The minimum absolute atomic E-state index is 0. The van der Waals surface area contributed by atoms with E-state index in [1.54, 1.807) is 4.79 Å². The third-order valence-corrected chi connectivity index (χ3v) is 2.28. The minimum atomic E-state index is 0. The summed E-state index contributed by atoms with van der Waals surface area (Å²) < 4.78 is 4.76. The van der Waals surface area contributed by atoms with Crippen LogP contribution in [0.15, 0.2) is 10.8 Å². The number of hydrogen-bond acceptors (Lipinski definition) is 5. The fraction of sp³-hybridized carbons (Fsp3) is 0.714. The van der Waals surface area contributed by atoms with E-state index in [0.29, 0.717) is 5.82 Å². The zero-order valence-corrected chi connectivity index (χ0v) is 10.0. The van der Waals surface area contributed by atoms with Gasteiger partial charge >= 0.3 is 5.82 Å². The number of anilines is 1. The first-order valence-electron chi connectivity index (χ1n) is 4.33. The van der Waals surface area contributed by atoms with Crippen LogP contribution >= 0.6 is 12.4 Å². The lowest BCUT2D eigenvalue weighted by molar-refractivity contribution is -0.746. The summed E-state index contributed by atoms with van der Waals surface area (Å²) >= 11 is 0. The first-order valence-corrected chi connectivity index (χ1v) is 4.33. The number of likely N-dealkylation sites (N-methyl/N-ethyl adjacent to an activating group) is 1. The molecule has 0 saturated carbocycles. The fourth-order valence-corrected chi connectivity index (χ4v) is 1.42. The highest BCUT2D eigenvalue weighted by atomic mass is 35.5. The summed E-state index contributed by atoms with van der Waals surface area (Å²) in [5.41, 5.74) is 5.66. The number of aromatic nitrogens is 2. The van der Waals surface area contributed by atoms with Crippen LogP contribution in [0, 0.1) is 0 Å². The van der Waals surface area contributed by atoms with Gasteiger partial charge in [-0.1, -0.05) is 0 Å². The van der Waals surface area contributed by atoms with Crippen LogP contribution in [0.3, 0.4) is 0 Å². The first-order chi connectivity index (χ1) is 6.27. The number of halogens is 2. The summed E-state index contributed by atoms with van der Waals surface area (Å²) in [6.45, 7) is 3.91. The van der Waals surface area contributed by atoms with E-state index in [-0.39, 0.29) is 24.8 Å². The molecule has 0 unspecified atom stereocenters. The predicted molar refractivity (Wildman–Crippen MR) is 53.8 cm³/mol. The van der Waals surface area contributed by atoms with E-state index in [4.69, 9.17) is 10.3 Å². The number of rotatable bonds is 1. The van der Waals surface area contributed by atoms with Crippen molar-refractivity contribution < 1.29 is 21.7 Å². The minimum Gasteiger partial charge on any atom is -1.00 e. The van der Waals surface area contributed by atoms with Crippen molar-refractivity contribution in [3.05, 3.63) is 6.26 Å². The van der Waals surface area contributed by atoms with Crippen molar-refractivity contribution in [2.75, 3.05) is 44.0 Å². The molecular weight excluding hydrogens is 241 g/mol. The van der Waals surface area contributed by atoms with E-state index in [2.05, 4.69) is 22.2 Å². The van der Waals surface area contributed by atoms with Crippen LogP contribution in [0.25, 0.3) is 0 Å². The van der Waals surface area contributed by atoms with E-state index in [1.807, 2.05) is 0 Å². The van der Waals surface area contributed by atoms with Crippen molar-refractivity contribution in [1.82, 2.24) is 10.2 Å². The molecule has 1 saturated heterocycles. The normalized spacial score (nSPS) is 16.7. The summed E-state index contributed by atoms with van der Waals surface area (Å²) in [6, 6.07) is 0. The Bertz CT molecular complexity index is 287. The molecule has 15 heavy (non-hydrogen) atoms. The molecule has 2 N–H and O–H groups in total. The smallest absolute Gasteiger partial charge is 0.360 e. The average molecular weight is 256 g/mol. The zero-order chi connectivity index (χ0) is 9.26. The van der Waals surface area contributed by atoms with Crippen LogP contribution in [0.2, 0.25) is 0 Å². The molecule has 1 aliphatic heterocycles. The fourth-order valence-electron chi connectivity index (χ4n) is 1.42. The lowest BCUT2D eigenvalue weighted by atomic mass is 10.4. The van der Waals surface area contributed by atoms with Crippen molar-refractivity contribution in [2.24, 2.45) is 0 Å². The van der Waals surface area contributed by atoms with Gasteiger partial charge in [-0.3, -0.25) is 5.73 Å². The molecule has 0 atom stereocenters.